The van der Waals surface area contributed by atoms with Gasteiger partial charge in [-0.2, -0.15) is 0 Å². The maximum atomic E-state index is 11.9. The van der Waals surface area contributed by atoms with Crippen molar-refractivity contribution in [2.75, 3.05) is 33.9 Å². The smallest absolute Gasteiger partial charge is 0.241 e. The SMILES string of the molecule is CCN(CC)C(=O)CNC(=O)CCc1ccc(OC)c(OC)c1. The van der Waals surface area contributed by atoms with Crippen molar-refractivity contribution < 1.29 is 19.1 Å². The molecule has 0 spiro atoms. The highest BCUT2D eigenvalue weighted by molar-refractivity contribution is 5.84. The minimum atomic E-state index is -0.139. The van der Waals surface area contributed by atoms with Crippen molar-refractivity contribution in [1.82, 2.24) is 10.2 Å². The predicted molar refractivity (Wildman–Crippen MR) is 88.8 cm³/mol. The Labute approximate surface area is 137 Å². The van der Waals surface area contributed by atoms with E-state index in [2.05, 4.69) is 5.32 Å². The summed E-state index contributed by atoms with van der Waals surface area (Å²) in [5, 5.41) is 2.67. The summed E-state index contributed by atoms with van der Waals surface area (Å²) >= 11 is 0. The fourth-order valence-electron chi connectivity index (χ4n) is 2.24. The molecular formula is C17H26N2O4. The van der Waals surface area contributed by atoms with Crippen LogP contribution >= 0.6 is 0 Å². The van der Waals surface area contributed by atoms with Crippen LogP contribution in [-0.2, 0) is 16.0 Å². The first kappa shape index (κ1) is 18.8. The number of hydrogen-bond acceptors (Lipinski definition) is 4. The molecule has 0 heterocycles. The molecule has 0 aliphatic heterocycles. The molecule has 0 aliphatic rings. The van der Waals surface area contributed by atoms with Crippen LogP contribution in [0.15, 0.2) is 18.2 Å². The number of benzene rings is 1. The monoisotopic (exact) mass is 322 g/mol. The molecule has 0 saturated carbocycles. The zero-order valence-electron chi connectivity index (χ0n) is 14.3. The quantitative estimate of drug-likeness (QED) is 0.750. The zero-order valence-corrected chi connectivity index (χ0v) is 14.3. The van der Waals surface area contributed by atoms with Crippen molar-refractivity contribution in [3.05, 3.63) is 23.8 Å². The van der Waals surface area contributed by atoms with Gasteiger partial charge in [0.1, 0.15) is 0 Å². The first-order chi connectivity index (χ1) is 11.0. The van der Waals surface area contributed by atoms with Crippen LogP contribution in [0.4, 0.5) is 0 Å². The number of ether oxygens (including phenoxy) is 2. The molecule has 0 atom stereocenters. The van der Waals surface area contributed by atoms with Crippen molar-refractivity contribution in [1.29, 1.82) is 0 Å². The predicted octanol–water partition coefficient (Wildman–Crippen LogP) is 1.62. The van der Waals surface area contributed by atoms with Crippen LogP contribution in [0.2, 0.25) is 0 Å². The van der Waals surface area contributed by atoms with E-state index in [1.165, 1.54) is 0 Å². The lowest BCUT2D eigenvalue weighted by Gasteiger charge is -2.18. The van der Waals surface area contributed by atoms with E-state index in [0.717, 1.165) is 5.56 Å². The number of rotatable bonds is 9. The third kappa shape index (κ3) is 5.81. The first-order valence-electron chi connectivity index (χ1n) is 7.81. The maximum Gasteiger partial charge on any atom is 0.241 e. The molecule has 0 aliphatic carbocycles. The molecule has 0 fully saturated rings. The highest BCUT2D eigenvalue weighted by Crippen LogP contribution is 2.27. The first-order valence-corrected chi connectivity index (χ1v) is 7.81. The Kier molecular flexibility index (Phi) is 7.94. The van der Waals surface area contributed by atoms with Gasteiger partial charge in [0.2, 0.25) is 11.8 Å². The van der Waals surface area contributed by atoms with Gasteiger partial charge >= 0.3 is 0 Å². The lowest BCUT2D eigenvalue weighted by atomic mass is 10.1. The summed E-state index contributed by atoms with van der Waals surface area (Å²) in [6, 6.07) is 5.57. The highest BCUT2D eigenvalue weighted by Gasteiger charge is 2.11. The number of hydrogen-bond donors (Lipinski definition) is 1. The van der Waals surface area contributed by atoms with Gasteiger partial charge in [0.25, 0.3) is 0 Å². The van der Waals surface area contributed by atoms with Crippen molar-refractivity contribution in [3.8, 4) is 11.5 Å². The summed E-state index contributed by atoms with van der Waals surface area (Å²) in [6.07, 6.45) is 0.895. The fraction of sp³-hybridized carbons (Fsp3) is 0.529. The van der Waals surface area contributed by atoms with Gasteiger partial charge in [0, 0.05) is 19.5 Å². The van der Waals surface area contributed by atoms with E-state index in [-0.39, 0.29) is 18.4 Å². The Morgan fingerprint density at radius 1 is 1.09 bits per heavy atom. The van der Waals surface area contributed by atoms with Gasteiger partial charge in [-0.15, -0.1) is 0 Å². The number of likely N-dealkylation sites (N-methyl/N-ethyl adjacent to an activating group) is 1. The van der Waals surface area contributed by atoms with Gasteiger partial charge in [-0.05, 0) is 38.0 Å². The molecule has 128 valence electrons. The van der Waals surface area contributed by atoms with Gasteiger partial charge in [-0.25, -0.2) is 0 Å². The average Bonchev–Trinajstić information content (AvgIpc) is 2.58. The molecule has 6 heteroatoms. The Hall–Kier alpha value is -2.24. The number of amides is 2. The van der Waals surface area contributed by atoms with E-state index in [4.69, 9.17) is 9.47 Å². The Morgan fingerprint density at radius 2 is 1.74 bits per heavy atom. The van der Waals surface area contributed by atoms with Gasteiger partial charge in [-0.1, -0.05) is 6.07 Å². The van der Waals surface area contributed by atoms with Crippen LogP contribution in [0, 0.1) is 0 Å². The molecule has 1 aromatic rings. The number of nitrogens with zero attached hydrogens (tertiary/aromatic N) is 1. The van der Waals surface area contributed by atoms with Crippen molar-refractivity contribution >= 4 is 11.8 Å². The minimum absolute atomic E-state index is 0.0481. The number of aryl methyl sites for hydroxylation is 1. The largest absolute Gasteiger partial charge is 0.493 e. The van der Waals surface area contributed by atoms with E-state index in [0.29, 0.717) is 37.4 Å². The van der Waals surface area contributed by atoms with Gasteiger partial charge < -0.3 is 19.7 Å². The van der Waals surface area contributed by atoms with Crippen LogP contribution < -0.4 is 14.8 Å². The van der Waals surface area contributed by atoms with Crippen molar-refractivity contribution in [3.63, 3.8) is 0 Å². The fourth-order valence-corrected chi connectivity index (χ4v) is 2.24. The second-order valence-corrected chi connectivity index (χ2v) is 5.03. The minimum Gasteiger partial charge on any atom is -0.493 e. The third-order valence-electron chi connectivity index (χ3n) is 3.64. The Morgan fingerprint density at radius 3 is 2.30 bits per heavy atom. The summed E-state index contributed by atoms with van der Waals surface area (Å²) in [5.41, 5.74) is 0.980. The number of carbonyl (C=O) groups is 2. The Balaban J connectivity index is 2.46. The van der Waals surface area contributed by atoms with Crippen LogP contribution in [0.3, 0.4) is 0 Å². The second-order valence-electron chi connectivity index (χ2n) is 5.03. The van der Waals surface area contributed by atoms with Crippen LogP contribution in [0.1, 0.15) is 25.8 Å². The summed E-state index contributed by atoms with van der Waals surface area (Å²) < 4.78 is 10.4. The van der Waals surface area contributed by atoms with Crippen molar-refractivity contribution in [2.24, 2.45) is 0 Å². The lowest BCUT2D eigenvalue weighted by molar-refractivity contribution is -0.132. The van der Waals surface area contributed by atoms with Gasteiger partial charge in [0.05, 0.1) is 20.8 Å². The molecular weight excluding hydrogens is 296 g/mol. The molecule has 0 unspecified atom stereocenters. The zero-order chi connectivity index (χ0) is 17.2. The van der Waals surface area contributed by atoms with Crippen LogP contribution in [0.5, 0.6) is 11.5 Å². The highest BCUT2D eigenvalue weighted by atomic mass is 16.5. The molecule has 0 aromatic heterocycles. The molecule has 2 amide bonds. The van der Waals surface area contributed by atoms with E-state index >= 15 is 0 Å². The lowest BCUT2D eigenvalue weighted by Crippen LogP contribution is -2.40. The average molecular weight is 322 g/mol. The van der Waals surface area contributed by atoms with E-state index in [1.54, 1.807) is 19.1 Å². The summed E-state index contributed by atoms with van der Waals surface area (Å²) in [4.78, 5) is 25.4. The normalized spacial score (nSPS) is 10.1. The van der Waals surface area contributed by atoms with Crippen LogP contribution in [-0.4, -0.2) is 50.6 Å². The number of nitrogens with one attached hydrogen (secondary N) is 1. The van der Waals surface area contributed by atoms with Crippen molar-refractivity contribution in [2.45, 2.75) is 26.7 Å². The third-order valence-corrected chi connectivity index (χ3v) is 3.64. The van der Waals surface area contributed by atoms with E-state index in [1.807, 2.05) is 32.0 Å². The second kappa shape index (κ2) is 9.71. The standard InChI is InChI=1S/C17H26N2O4/c1-5-19(6-2)17(21)12-18-16(20)10-8-13-7-9-14(22-3)15(11-13)23-4/h7,9,11H,5-6,8,10,12H2,1-4H3,(H,18,20). The molecule has 23 heavy (non-hydrogen) atoms. The molecule has 6 nitrogen and oxygen atoms in total. The molecule has 1 N–H and O–H groups in total. The maximum absolute atomic E-state index is 11.9. The molecule has 0 radical (unpaired) electrons. The molecule has 0 bridgehead atoms. The van der Waals surface area contributed by atoms with E-state index in [9.17, 15) is 9.59 Å². The summed E-state index contributed by atoms with van der Waals surface area (Å²) in [5.74, 6) is 1.10. The van der Waals surface area contributed by atoms with Crippen LogP contribution in [0.25, 0.3) is 0 Å². The topological polar surface area (TPSA) is 67.9 Å². The number of carbonyl (C=O) groups excluding carboxylic acids is 2. The number of methoxy groups -OCH3 is 2. The molecule has 0 saturated heterocycles. The molecule has 1 rings (SSSR count). The summed E-state index contributed by atoms with van der Waals surface area (Å²) in [6.45, 7) is 5.18. The Bertz CT molecular complexity index is 527. The van der Waals surface area contributed by atoms with Gasteiger partial charge in [-0.3, -0.25) is 9.59 Å². The summed E-state index contributed by atoms with van der Waals surface area (Å²) in [7, 11) is 3.16. The van der Waals surface area contributed by atoms with Gasteiger partial charge in [0.15, 0.2) is 11.5 Å². The van der Waals surface area contributed by atoms with E-state index < -0.39 is 0 Å². The molecule has 1 aromatic carbocycles.